The molecule has 6 heterocycles. The summed E-state index contributed by atoms with van der Waals surface area (Å²) in [5.74, 6) is 0. The van der Waals surface area contributed by atoms with Gasteiger partial charge in [-0.15, -0.1) is 10.0 Å². The van der Waals surface area contributed by atoms with E-state index < -0.39 is 0 Å². The molecule has 0 spiro atoms. The molecule has 0 bridgehead atoms. The highest BCUT2D eigenvalue weighted by atomic mass is 16.7. The van der Waals surface area contributed by atoms with Crippen molar-refractivity contribution in [2.45, 2.75) is 12.6 Å². The molecule has 0 aromatic carbocycles. The summed E-state index contributed by atoms with van der Waals surface area (Å²) in [6, 6.07) is 0. The van der Waals surface area contributed by atoms with Crippen LogP contribution in [-0.4, -0.2) is 43.3 Å². The Morgan fingerprint density at radius 1 is 0.750 bits per heavy atom. The minimum absolute atomic E-state index is 0.644. The van der Waals surface area contributed by atoms with Crippen molar-refractivity contribution in [1.29, 1.82) is 0 Å². The summed E-state index contributed by atoms with van der Waals surface area (Å²) in [5.41, 5.74) is 0. The number of hydrogen-bond donors (Lipinski definition) is 0. The summed E-state index contributed by atoms with van der Waals surface area (Å²) >= 11 is 0. The summed E-state index contributed by atoms with van der Waals surface area (Å²) in [7, 11) is 0. The molecule has 6 saturated heterocycles. The van der Waals surface area contributed by atoms with Gasteiger partial charge in [0.2, 0.25) is 0 Å². The maximum atomic E-state index is 2.33. The highest BCUT2D eigenvalue weighted by Crippen LogP contribution is 2.71. The van der Waals surface area contributed by atoms with Crippen LogP contribution in [0.15, 0.2) is 0 Å². The molecule has 40 valence electrons. The molecule has 6 rings (SSSR count). The van der Waals surface area contributed by atoms with Crippen LogP contribution < -0.4 is 0 Å². The molecule has 6 aliphatic heterocycles. The van der Waals surface area contributed by atoms with Crippen molar-refractivity contribution in [3.63, 3.8) is 0 Å². The standard InChI is InChI=1S/C2H2N6/c1-3-2-4(1)8-5(1)7(3)6(2)8/h1-2H. The van der Waals surface area contributed by atoms with Crippen molar-refractivity contribution in [1.82, 2.24) is 30.7 Å². The van der Waals surface area contributed by atoms with Gasteiger partial charge in [0.15, 0.2) is 12.6 Å². The maximum absolute atomic E-state index is 2.33. The third kappa shape index (κ3) is 0.0572. The molecule has 6 aliphatic rings. The summed E-state index contributed by atoms with van der Waals surface area (Å²) in [6.45, 7) is 0. The average Bonchev–Trinajstić information content (AvgIpc) is 1.90. The van der Waals surface area contributed by atoms with E-state index in [1.54, 1.807) is 0 Å². The van der Waals surface area contributed by atoms with Gasteiger partial charge in [0.05, 0.1) is 0 Å². The van der Waals surface area contributed by atoms with E-state index in [4.69, 9.17) is 0 Å². The van der Waals surface area contributed by atoms with Crippen molar-refractivity contribution >= 4 is 0 Å². The lowest BCUT2D eigenvalue weighted by Crippen LogP contribution is -3.29. The Kier molecular flexibility index (Phi) is 0.127. The summed E-state index contributed by atoms with van der Waals surface area (Å²) in [4.78, 5) is 0. The van der Waals surface area contributed by atoms with Gasteiger partial charge >= 0.3 is 0 Å². The van der Waals surface area contributed by atoms with Crippen molar-refractivity contribution in [3.8, 4) is 0 Å². The molecule has 0 saturated carbocycles. The molecule has 0 unspecified atom stereocenters. The van der Waals surface area contributed by atoms with Crippen LogP contribution in [0, 0.1) is 0 Å². The van der Waals surface area contributed by atoms with E-state index in [0.717, 1.165) is 0 Å². The zero-order valence-corrected chi connectivity index (χ0v) is 3.84. The topological polar surface area (TPSA) is 19.4 Å². The van der Waals surface area contributed by atoms with Crippen molar-refractivity contribution in [3.05, 3.63) is 0 Å². The van der Waals surface area contributed by atoms with Gasteiger partial charge in [-0.25, -0.2) is 0 Å². The molecular formula is C2H2N6. The van der Waals surface area contributed by atoms with Gasteiger partial charge in [-0.05, 0) is 0 Å². The van der Waals surface area contributed by atoms with E-state index in [-0.39, 0.29) is 0 Å². The van der Waals surface area contributed by atoms with Gasteiger partial charge in [0.1, 0.15) is 0 Å². The second-order valence-electron chi connectivity index (χ2n) is 2.63. The lowest BCUT2D eigenvalue weighted by molar-refractivity contribution is -0.976. The maximum Gasteiger partial charge on any atom is 0.189 e. The molecule has 0 aromatic rings. The number of hydrogen-bond acceptors (Lipinski definition) is 6. The molecule has 8 heavy (non-hydrogen) atoms. The molecule has 0 N–H and O–H groups in total. The van der Waals surface area contributed by atoms with Gasteiger partial charge in [0.25, 0.3) is 0 Å². The second kappa shape index (κ2) is 0.397. The van der Waals surface area contributed by atoms with Gasteiger partial charge < -0.3 is 0 Å². The van der Waals surface area contributed by atoms with Crippen LogP contribution in [0.1, 0.15) is 0 Å². The fraction of sp³-hybridized carbons (Fsp3) is 1.00. The molecular weight excluding hydrogens is 108 g/mol. The quantitative estimate of drug-likeness (QED) is 0.354. The van der Waals surface area contributed by atoms with Crippen LogP contribution in [0.2, 0.25) is 0 Å². The SMILES string of the molecule is C12N3C4N1N1N2N3N41. The van der Waals surface area contributed by atoms with Crippen molar-refractivity contribution < 1.29 is 0 Å². The minimum atomic E-state index is 0.644. The smallest absolute Gasteiger partial charge is 0.140 e. The van der Waals surface area contributed by atoms with E-state index >= 15 is 0 Å². The number of hydrazine groups is 6. The first kappa shape index (κ1) is 2.56. The third-order valence-electron chi connectivity index (χ3n) is 2.51. The van der Waals surface area contributed by atoms with Crippen LogP contribution in [0.3, 0.4) is 0 Å². The molecule has 0 aliphatic carbocycles. The lowest BCUT2D eigenvalue weighted by atomic mass is 10.2. The summed E-state index contributed by atoms with van der Waals surface area (Å²) in [5, 5.41) is 13.4. The predicted molar refractivity (Wildman–Crippen MR) is 18.6 cm³/mol. The molecule has 6 fully saturated rings. The molecule has 6 nitrogen and oxygen atoms in total. The Hall–Kier alpha value is -0.240. The van der Waals surface area contributed by atoms with Gasteiger partial charge in [-0.1, -0.05) is 20.7 Å². The normalized spacial score (nSPS) is 67.5. The summed E-state index contributed by atoms with van der Waals surface area (Å²) in [6.07, 6.45) is 1.29. The molecule has 0 radical (unpaired) electrons. The zero-order valence-electron chi connectivity index (χ0n) is 3.84. The largest absolute Gasteiger partial charge is 0.189 e. The number of nitrogens with zero attached hydrogens (tertiary/aromatic N) is 6. The number of rotatable bonds is 0. The Balaban J connectivity index is 2.00. The second-order valence-corrected chi connectivity index (χ2v) is 2.63. The fourth-order valence-corrected chi connectivity index (χ4v) is 2.11. The Bertz CT molecular complexity index is 117. The molecule has 6 heteroatoms. The van der Waals surface area contributed by atoms with Crippen LogP contribution in [-0.2, 0) is 0 Å². The van der Waals surface area contributed by atoms with Crippen LogP contribution in [0.5, 0.6) is 0 Å². The highest BCUT2D eigenvalue weighted by molar-refractivity contribution is 5.12. The third-order valence-corrected chi connectivity index (χ3v) is 2.51. The lowest BCUT2D eigenvalue weighted by Gasteiger charge is -3.02. The predicted octanol–water partition coefficient (Wildman–Crippen LogP) is -2.08. The Morgan fingerprint density at radius 3 is 1.38 bits per heavy atom. The van der Waals surface area contributed by atoms with Crippen molar-refractivity contribution in [2.75, 3.05) is 0 Å². The summed E-state index contributed by atoms with van der Waals surface area (Å²) < 4.78 is 0. The Labute approximate surface area is 44.5 Å². The fourth-order valence-electron chi connectivity index (χ4n) is 2.11. The molecule has 0 atom stereocenters. The first-order valence-corrected chi connectivity index (χ1v) is 2.75. The molecule has 0 amide bonds. The van der Waals surface area contributed by atoms with E-state index in [9.17, 15) is 0 Å². The van der Waals surface area contributed by atoms with E-state index in [2.05, 4.69) is 30.7 Å². The first-order chi connectivity index (χ1) is 4.00. The van der Waals surface area contributed by atoms with Crippen LogP contribution in [0.25, 0.3) is 0 Å². The minimum Gasteiger partial charge on any atom is -0.140 e. The highest BCUT2D eigenvalue weighted by Gasteiger charge is 2.99. The average molecular weight is 110 g/mol. The van der Waals surface area contributed by atoms with Gasteiger partial charge in [0, 0.05) is 0 Å². The Morgan fingerprint density at radius 2 is 1.25 bits per heavy atom. The van der Waals surface area contributed by atoms with Crippen LogP contribution in [0.4, 0.5) is 0 Å². The van der Waals surface area contributed by atoms with Crippen LogP contribution >= 0.6 is 0 Å². The zero-order chi connectivity index (χ0) is 4.62. The van der Waals surface area contributed by atoms with Gasteiger partial charge in [-0.2, -0.15) is 0 Å². The van der Waals surface area contributed by atoms with E-state index in [0.29, 0.717) is 12.6 Å². The monoisotopic (exact) mass is 110 g/mol. The first-order valence-electron chi connectivity index (χ1n) is 2.75. The van der Waals surface area contributed by atoms with E-state index in [1.165, 1.54) is 0 Å². The van der Waals surface area contributed by atoms with Gasteiger partial charge in [-0.3, -0.25) is 0 Å². The molecule has 0 aromatic heterocycles. The van der Waals surface area contributed by atoms with Crippen molar-refractivity contribution in [2.24, 2.45) is 0 Å². The van der Waals surface area contributed by atoms with E-state index in [1.807, 2.05) is 0 Å².